The van der Waals surface area contributed by atoms with E-state index in [1.807, 2.05) is 68.6 Å². The summed E-state index contributed by atoms with van der Waals surface area (Å²) in [4.78, 5) is 21.4. The van der Waals surface area contributed by atoms with Crippen LogP contribution in [0, 0.1) is 13.8 Å². The molecule has 0 saturated heterocycles. The van der Waals surface area contributed by atoms with Crippen LogP contribution >= 0.6 is 0 Å². The Morgan fingerprint density at radius 2 is 1.76 bits per heavy atom. The predicted octanol–water partition coefficient (Wildman–Crippen LogP) is 4.28. The van der Waals surface area contributed by atoms with E-state index in [9.17, 15) is 4.79 Å². The third kappa shape index (κ3) is 4.47. The highest BCUT2D eigenvalue weighted by molar-refractivity contribution is 6.05. The maximum atomic E-state index is 12.7. The van der Waals surface area contributed by atoms with Gasteiger partial charge in [0, 0.05) is 41.1 Å². The molecule has 0 aliphatic heterocycles. The minimum Gasteiger partial charge on any atom is -0.340 e. The van der Waals surface area contributed by atoms with Gasteiger partial charge >= 0.3 is 0 Å². The van der Waals surface area contributed by atoms with Gasteiger partial charge in [0.2, 0.25) is 0 Å². The number of benzene rings is 2. The van der Waals surface area contributed by atoms with E-state index in [4.69, 9.17) is 0 Å². The molecule has 2 N–H and O–H groups in total. The smallest absolute Gasteiger partial charge is 0.255 e. The van der Waals surface area contributed by atoms with Crippen LogP contribution in [0.5, 0.6) is 0 Å². The lowest BCUT2D eigenvalue weighted by atomic mass is 10.1. The second kappa shape index (κ2) is 7.93. The Morgan fingerprint density at radius 3 is 2.55 bits per heavy atom. The fourth-order valence-corrected chi connectivity index (χ4v) is 3.02. The largest absolute Gasteiger partial charge is 0.340 e. The van der Waals surface area contributed by atoms with Gasteiger partial charge in [-0.3, -0.25) is 4.79 Å². The molecule has 144 valence electrons. The van der Waals surface area contributed by atoms with E-state index in [0.717, 1.165) is 17.1 Å². The second-order valence-corrected chi connectivity index (χ2v) is 6.60. The maximum Gasteiger partial charge on any atom is 0.255 e. The molecule has 0 spiro atoms. The first kappa shape index (κ1) is 18.4. The van der Waals surface area contributed by atoms with Crippen molar-refractivity contribution in [1.29, 1.82) is 0 Å². The Morgan fingerprint density at radius 1 is 0.931 bits per heavy atom. The van der Waals surface area contributed by atoms with Crippen molar-refractivity contribution in [3.05, 3.63) is 90.1 Å². The Labute approximate surface area is 168 Å². The SMILES string of the molecule is Cc1cc(Nc2cccc(C(=O)Nc3cccc(-n4cccn4)c3)c2)nc(C)n1. The summed E-state index contributed by atoms with van der Waals surface area (Å²) in [6.07, 6.45) is 3.57. The molecule has 7 nitrogen and oxygen atoms in total. The lowest BCUT2D eigenvalue weighted by molar-refractivity contribution is 0.102. The second-order valence-electron chi connectivity index (χ2n) is 6.60. The maximum absolute atomic E-state index is 12.7. The van der Waals surface area contributed by atoms with Crippen LogP contribution in [0.25, 0.3) is 5.69 Å². The molecule has 2 aromatic heterocycles. The molecule has 0 saturated carbocycles. The molecule has 0 unspecified atom stereocenters. The highest BCUT2D eigenvalue weighted by atomic mass is 16.1. The number of hydrogen-bond donors (Lipinski definition) is 2. The van der Waals surface area contributed by atoms with Crippen LogP contribution in [-0.4, -0.2) is 25.7 Å². The average molecular weight is 384 g/mol. The van der Waals surface area contributed by atoms with Gasteiger partial charge in [-0.05, 0) is 56.3 Å². The molecular formula is C22H20N6O. The highest BCUT2D eigenvalue weighted by Crippen LogP contribution is 2.19. The van der Waals surface area contributed by atoms with E-state index in [1.54, 1.807) is 23.0 Å². The van der Waals surface area contributed by atoms with Gasteiger partial charge in [0.05, 0.1) is 5.69 Å². The monoisotopic (exact) mass is 384 g/mol. The van der Waals surface area contributed by atoms with Crippen LogP contribution in [0.15, 0.2) is 73.1 Å². The quantitative estimate of drug-likeness (QED) is 0.537. The zero-order valence-electron chi connectivity index (χ0n) is 16.1. The number of aryl methyl sites for hydroxylation is 2. The predicted molar refractivity (Wildman–Crippen MR) is 113 cm³/mol. The first-order valence-corrected chi connectivity index (χ1v) is 9.18. The zero-order chi connectivity index (χ0) is 20.2. The van der Waals surface area contributed by atoms with Gasteiger partial charge in [-0.2, -0.15) is 5.10 Å². The van der Waals surface area contributed by atoms with Crippen LogP contribution in [0.4, 0.5) is 17.2 Å². The van der Waals surface area contributed by atoms with Crippen LogP contribution in [0.2, 0.25) is 0 Å². The summed E-state index contributed by atoms with van der Waals surface area (Å²) in [5.41, 5.74) is 3.77. The molecule has 29 heavy (non-hydrogen) atoms. The molecule has 4 rings (SSSR count). The molecule has 0 fully saturated rings. The number of amides is 1. The summed E-state index contributed by atoms with van der Waals surface area (Å²) in [5, 5.41) is 10.4. The molecule has 0 aliphatic rings. The van der Waals surface area contributed by atoms with Crippen molar-refractivity contribution in [3.8, 4) is 5.69 Å². The lowest BCUT2D eigenvalue weighted by Gasteiger charge is -2.10. The first-order valence-electron chi connectivity index (χ1n) is 9.18. The highest BCUT2D eigenvalue weighted by Gasteiger charge is 2.09. The van der Waals surface area contributed by atoms with E-state index in [-0.39, 0.29) is 5.91 Å². The molecule has 1 amide bonds. The van der Waals surface area contributed by atoms with Crippen LogP contribution < -0.4 is 10.6 Å². The number of carbonyl (C=O) groups excluding carboxylic acids is 1. The molecule has 0 bridgehead atoms. The molecule has 0 atom stereocenters. The summed E-state index contributed by atoms with van der Waals surface area (Å²) in [7, 11) is 0. The van der Waals surface area contributed by atoms with Crippen LogP contribution in [-0.2, 0) is 0 Å². The van der Waals surface area contributed by atoms with Crippen molar-refractivity contribution in [1.82, 2.24) is 19.7 Å². The topological polar surface area (TPSA) is 84.7 Å². The molecule has 0 radical (unpaired) electrons. The van der Waals surface area contributed by atoms with Crippen molar-refractivity contribution in [2.45, 2.75) is 13.8 Å². The number of nitrogens with one attached hydrogen (secondary N) is 2. The number of hydrogen-bond acceptors (Lipinski definition) is 5. The Balaban J connectivity index is 1.51. The first-order chi connectivity index (χ1) is 14.1. The van der Waals surface area contributed by atoms with Gasteiger partial charge in [-0.15, -0.1) is 0 Å². The summed E-state index contributed by atoms with van der Waals surface area (Å²) in [5.74, 6) is 1.19. The summed E-state index contributed by atoms with van der Waals surface area (Å²) in [6, 6.07) is 18.5. The third-order valence-electron chi connectivity index (χ3n) is 4.24. The standard InChI is InChI=1S/C22H20N6O/c1-15-12-21(25-16(2)24-15)26-18-7-3-6-17(13-18)22(29)27-19-8-4-9-20(14-19)28-11-5-10-23-28/h3-14H,1-2H3,(H,27,29)(H,24,25,26). The average Bonchev–Trinajstić information content (AvgIpc) is 3.22. The van der Waals surface area contributed by atoms with E-state index in [0.29, 0.717) is 22.9 Å². The minimum atomic E-state index is -0.193. The third-order valence-corrected chi connectivity index (χ3v) is 4.24. The number of anilines is 3. The van der Waals surface area contributed by atoms with Crippen molar-refractivity contribution < 1.29 is 4.79 Å². The number of aromatic nitrogens is 4. The minimum absolute atomic E-state index is 0.193. The fourth-order valence-electron chi connectivity index (χ4n) is 3.02. The molecular weight excluding hydrogens is 364 g/mol. The van der Waals surface area contributed by atoms with Crippen molar-refractivity contribution in [3.63, 3.8) is 0 Å². The lowest BCUT2D eigenvalue weighted by Crippen LogP contribution is -2.12. The van der Waals surface area contributed by atoms with Crippen LogP contribution in [0.1, 0.15) is 21.9 Å². The van der Waals surface area contributed by atoms with E-state index < -0.39 is 0 Å². The van der Waals surface area contributed by atoms with Crippen LogP contribution in [0.3, 0.4) is 0 Å². The van der Waals surface area contributed by atoms with Gasteiger partial charge in [0.15, 0.2) is 0 Å². The van der Waals surface area contributed by atoms with Crippen molar-refractivity contribution in [2.24, 2.45) is 0 Å². The Kier molecular flexibility index (Phi) is 5.03. The summed E-state index contributed by atoms with van der Waals surface area (Å²) in [6.45, 7) is 3.76. The molecule has 0 aliphatic carbocycles. The van der Waals surface area contributed by atoms with Gasteiger partial charge in [0.1, 0.15) is 11.6 Å². The van der Waals surface area contributed by atoms with Gasteiger partial charge in [0.25, 0.3) is 5.91 Å². The van der Waals surface area contributed by atoms with E-state index in [1.165, 1.54) is 0 Å². The summed E-state index contributed by atoms with van der Waals surface area (Å²) < 4.78 is 1.74. The van der Waals surface area contributed by atoms with Gasteiger partial charge in [-0.25, -0.2) is 14.6 Å². The molecule has 2 heterocycles. The zero-order valence-corrected chi connectivity index (χ0v) is 16.1. The van der Waals surface area contributed by atoms with Gasteiger partial charge in [-0.1, -0.05) is 12.1 Å². The van der Waals surface area contributed by atoms with Gasteiger partial charge < -0.3 is 10.6 Å². The van der Waals surface area contributed by atoms with Crippen molar-refractivity contribution >= 4 is 23.1 Å². The molecule has 2 aromatic carbocycles. The number of nitrogens with zero attached hydrogens (tertiary/aromatic N) is 4. The Bertz CT molecular complexity index is 1130. The molecule has 4 aromatic rings. The number of carbonyl (C=O) groups is 1. The summed E-state index contributed by atoms with van der Waals surface area (Å²) >= 11 is 0. The number of rotatable bonds is 5. The van der Waals surface area contributed by atoms with E-state index >= 15 is 0 Å². The molecule has 7 heteroatoms. The fraction of sp³-hybridized carbons (Fsp3) is 0.0909. The Hall–Kier alpha value is -4.00. The van der Waals surface area contributed by atoms with Crippen molar-refractivity contribution in [2.75, 3.05) is 10.6 Å². The normalized spacial score (nSPS) is 10.6. The van der Waals surface area contributed by atoms with E-state index in [2.05, 4.69) is 25.7 Å².